The number of nitrogens with zero attached hydrogens (tertiary/aromatic N) is 1. The van der Waals surface area contributed by atoms with Crippen molar-refractivity contribution in [2.45, 2.75) is 39.5 Å². The van der Waals surface area contributed by atoms with Crippen LogP contribution in [-0.4, -0.2) is 22.6 Å². The quantitative estimate of drug-likeness (QED) is 0.764. The Labute approximate surface area is 108 Å². The van der Waals surface area contributed by atoms with Crippen LogP contribution in [0.3, 0.4) is 0 Å². The number of anilines is 1. The van der Waals surface area contributed by atoms with Crippen LogP contribution in [0.1, 0.15) is 36.9 Å². The number of H-pyrrole nitrogens is 1. The van der Waals surface area contributed by atoms with E-state index in [0.717, 1.165) is 30.5 Å². The first-order chi connectivity index (χ1) is 8.63. The largest absolute Gasteiger partial charge is 0.330 e. The Bertz CT molecular complexity index is 427. The molecule has 4 N–H and O–H groups in total. The van der Waals surface area contributed by atoms with Gasteiger partial charge in [0.25, 0.3) is 0 Å². The maximum atomic E-state index is 12.3. The summed E-state index contributed by atoms with van der Waals surface area (Å²) < 4.78 is 0. The Kier molecular flexibility index (Phi) is 4.01. The molecule has 1 saturated carbocycles. The number of aryl methyl sites for hydroxylation is 1. The first-order valence-corrected chi connectivity index (χ1v) is 6.66. The fourth-order valence-electron chi connectivity index (χ4n) is 2.65. The summed E-state index contributed by atoms with van der Waals surface area (Å²) >= 11 is 0. The van der Waals surface area contributed by atoms with Gasteiger partial charge in [-0.2, -0.15) is 5.10 Å². The van der Waals surface area contributed by atoms with E-state index in [4.69, 9.17) is 5.73 Å². The van der Waals surface area contributed by atoms with Crippen LogP contribution in [0.5, 0.6) is 0 Å². The summed E-state index contributed by atoms with van der Waals surface area (Å²) in [6.07, 6.45) is 4.31. The highest BCUT2D eigenvalue weighted by Gasteiger charge is 2.30. The average molecular weight is 250 g/mol. The number of rotatable bonds is 3. The third kappa shape index (κ3) is 2.56. The number of carbonyl (C=O) groups excluding carboxylic acids is 1. The van der Waals surface area contributed by atoms with Crippen molar-refractivity contribution in [3.8, 4) is 0 Å². The van der Waals surface area contributed by atoms with Crippen molar-refractivity contribution in [2.24, 2.45) is 17.6 Å². The maximum Gasteiger partial charge on any atom is 0.229 e. The van der Waals surface area contributed by atoms with Gasteiger partial charge in [-0.3, -0.25) is 9.89 Å². The molecule has 100 valence electrons. The number of aromatic nitrogens is 2. The van der Waals surface area contributed by atoms with Crippen LogP contribution >= 0.6 is 0 Å². The molecule has 1 aliphatic rings. The molecular weight excluding hydrogens is 228 g/mol. The zero-order valence-electron chi connectivity index (χ0n) is 11.1. The molecule has 0 radical (unpaired) electrons. The van der Waals surface area contributed by atoms with Crippen molar-refractivity contribution >= 4 is 11.7 Å². The standard InChI is InChI=1S/C13H22N4O/c1-8-9(2)16-17-12(8)15-13(18)11-6-4-3-5-10(11)7-14/h10-11H,3-7,14H2,1-2H3,(H2,15,16,17,18). The summed E-state index contributed by atoms with van der Waals surface area (Å²) in [5.74, 6) is 1.08. The lowest BCUT2D eigenvalue weighted by atomic mass is 9.79. The molecule has 0 saturated heterocycles. The fraction of sp³-hybridized carbons (Fsp3) is 0.692. The highest BCUT2D eigenvalue weighted by molar-refractivity contribution is 5.92. The van der Waals surface area contributed by atoms with E-state index in [2.05, 4.69) is 15.5 Å². The number of amides is 1. The van der Waals surface area contributed by atoms with Gasteiger partial charge in [0.1, 0.15) is 0 Å². The van der Waals surface area contributed by atoms with E-state index in [9.17, 15) is 4.79 Å². The fourth-order valence-corrected chi connectivity index (χ4v) is 2.65. The van der Waals surface area contributed by atoms with Crippen LogP contribution in [0, 0.1) is 25.7 Å². The monoisotopic (exact) mass is 250 g/mol. The lowest BCUT2D eigenvalue weighted by Crippen LogP contribution is -2.35. The first kappa shape index (κ1) is 13.1. The van der Waals surface area contributed by atoms with E-state index in [1.54, 1.807) is 0 Å². The minimum atomic E-state index is 0.0418. The summed E-state index contributed by atoms with van der Waals surface area (Å²) in [6, 6.07) is 0. The lowest BCUT2D eigenvalue weighted by Gasteiger charge is -2.29. The lowest BCUT2D eigenvalue weighted by molar-refractivity contribution is -0.122. The number of hydrogen-bond donors (Lipinski definition) is 3. The maximum absolute atomic E-state index is 12.3. The van der Waals surface area contributed by atoms with Crippen LogP contribution in [0.15, 0.2) is 0 Å². The number of nitrogens with two attached hydrogens (primary N) is 1. The van der Waals surface area contributed by atoms with E-state index in [0.29, 0.717) is 18.3 Å². The zero-order chi connectivity index (χ0) is 13.1. The van der Waals surface area contributed by atoms with Gasteiger partial charge in [0.15, 0.2) is 5.82 Å². The molecule has 1 heterocycles. The molecule has 0 aliphatic heterocycles. The minimum Gasteiger partial charge on any atom is -0.330 e. The molecule has 2 unspecified atom stereocenters. The number of hydrogen-bond acceptors (Lipinski definition) is 3. The predicted octanol–water partition coefficient (Wildman–Crippen LogP) is 1.73. The average Bonchev–Trinajstić information content (AvgIpc) is 2.70. The molecule has 0 aromatic carbocycles. The molecule has 1 fully saturated rings. The van der Waals surface area contributed by atoms with Gasteiger partial charge in [-0.05, 0) is 39.2 Å². The topological polar surface area (TPSA) is 83.8 Å². The second-order valence-corrected chi connectivity index (χ2v) is 5.20. The molecule has 5 nitrogen and oxygen atoms in total. The molecule has 5 heteroatoms. The normalized spacial score (nSPS) is 23.9. The molecule has 0 spiro atoms. The van der Waals surface area contributed by atoms with Crippen molar-refractivity contribution in [1.82, 2.24) is 10.2 Å². The van der Waals surface area contributed by atoms with Gasteiger partial charge in [-0.25, -0.2) is 0 Å². The smallest absolute Gasteiger partial charge is 0.229 e. The van der Waals surface area contributed by atoms with Crippen LogP contribution in [0.25, 0.3) is 0 Å². The van der Waals surface area contributed by atoms with Gasteiger partial charge in [0.05, 0.1) is 0 Å². The SMILES string of the molecule is Cc1[nH]nc(NC(=O)C2CCCCC2CN)c1C. The third-order valence-electron chi connectivity index (χ3n) is 4.04. The molecule has 1 aromatic rings. The van der Waals surface area contributed by atoms with Gasteiger partial charge in [-0.15, -0.1) is 0 Å². The van der Waals surface area contributed by atoms with Crippen molar-refractivity contribution in [3.63, 3.8) is 0 Å². The first-order valence-electron chi connectivity index (χ1n) is 6.66. The van der Waals surface area contributed by atoms with E-state index in [1.807, 2.05) is 13.8 Å². The Hall–Kier alpha value is -1.36. The molecule has 0 bridgehead atoms. The minimum absolute atomic E-state index is 0.0418. The van der Waals surface area contributed by atoms with E-state index in [1.165, 1.54) is 6.42 Å². The molecule has 2 atom stereocenters. The Morgan fingerprint density at radius 3 is 2.78 bits per heavy atom. The molecular formula is C13H22N4O. The van der Waals surface area contributed by atoms with E-state index in [-0.39, 0.29) is 11.8 Å². The molecule has 18 heavy (non-hydrogen) atoms. The summed E-state index contributed by atoms with van der Waals surface area (Å²) in [6.45, 7) is 4.49. The van der Waals surface area contributed by atoms with Crippen LogP contribution in [0.2, 0.25) is 0 Å². The summed E-state index contributed by atoms with van der Waals surface area (Å²) in [5, 5.41) is 9.92. The van der Waals surface area contributed by atoms with Crippen LogP contribution in [-0.2, 0) is 4.79 Å². The van der Waals surface area contributed by atoms with Gasteiger partial charge in [-0.1, -0.05) is 12.8 Å². The number of carbonyl (C=O) groups is 1. The predicted molar refractivity (Wildman–Crippen MR) is 71.2 cm³/mol. The summed E-state index contributed by atoms with van der Waals surface area (Å²) in [4.78, 5) is 12.3. The Morgan fingerprint density at radius 1 is 1.44 bits per heavy atom. The van der Waals surface area contributed by atoms with Gasteiger partial charge in [0.2, 0.25) is 5.91 Å². The third-order valence-corrected chi connectivity index (χ3v) is 4.04. The highest BCUT2D eigenvalue weighted by atomic mass is 16.2. The van der Waals surface area contributed by atoms with Crippen LogP contribution in [0.4, 0.5) is 5.82 Å². The number of nitrogens with one attached hydrogen (secondary N) is 2. The van der Waals surface area contributed by atoms with Crippen molar-refractivity contribution < 1.29 is 4.79 Å². The van der Waals surface area contributed by atoms with Gasteiger partial charge in [0, 0.05) is 17.2 Å². The van der Waals surface area contributed by atoms with E-state index < -0.39 is 0 Å². The molecule has 2 rings (SSSR count). The zero-order valence-corrected chi connectivity index (χ0v) is 11.1. The Balaban J connectivity index is 2.04. The molecule has 1 aliphatic carbocycles. The highest BCUT2D eigenvalue weighted by Crippen LogP contribution is 2.30. The van der Waals surface area contributed by atoms with E-state index >= 15 is 0 Å². The second-order valence-electron chi connectivity index (χ2n) is 5.20. The van der Waals surface area contributed by atoms with Gasteiger partial charge >= 0.3 is 0 Å². The summed E-state index contributed by atoms with van der Waals surface area (Å²) in [7, 11) is 0. The van der Waals surface area contributed by atoms with Crippen molar-refractivity contribution in [2.75, 3.05) is 11.9 Å². The van der Waals surface area contributed by atoms with Crippen molar-refractivity contribution in [3.05, 3.63) is 11.3 Å². The summed E-state index contributed by atoms with van der Waals surface area (Å²) in [5.41, 5.74) is 7.75. The number of aromatic amines is 1. The second kappa shape index (κ2) is 5.52. The van der Waals surface area contributed by atoms with Crippen molar-refractivity contribution in [1.29, 1.82) is 0 Å². The Morgan fingerprint density at radius 2 is 2.17 bits per heavy atom. The van der Waals surface area contributed by atoms with Gasteiger partial charge < -0.3 is 11.1 Å². The van der Waals surface area contributed by atoms with Crippen LogP contribution < -0.4 is 11.1 Å². The molecule has 1 amide bonds. The molecule has 1 aromatic heterocycles.